The first-order valence-corrected chi connectivity index (χ1v) is 6.32. The number of hydrogen-bond donors (Lipinski definition) is 1. The van der Waals surface area contributed by atoms with Crippen molar-refractivity contribution in [3.05, 3.63) is 53.1 Å². The Morgan fingerprint density at radius 2 is 1.80 bits per heavy atom. The molecule has 0 heterocycles. The average molecular weight is 270 g/mol. The van der Waals surface area contributed by atoms with E-state index in [1.807, 2.05) is 30.3 Å². The molecule has 0 bridgehead atoms. The fourth-order valence-corrected chi connectivity index (χ4v) is 2.11. The highest BCUT2D eigenvalue weighted by Gasteiger charge is 2.28. The van der Waals surface area contributed by atoms with Gasteiger partial charge in [0, 0.05) is 17.6 Å². The first-order chi connectivity index (χ1) is 9.58. The Balaban J connectivity index is 2.24. The van der Waals surface area contributed by atoms with Crippen LogP contribution in [0.3, 0.4) is 0 Å². The fourth-order valence-electron chi connectivity index (χ4n) is 2.11. The van der Waals surface area contributed by atoms with Crippen molar-refractivity contribution in [2.24, 2.45) is 0 Å². The van der Waals surface area contributed by atoms with Gasteiger partial charge in [0.1, 0.15) is 0 Å². The first-order valence-electron chi connectivity index (χ1n) is 6.32. The van der Waals surface area contributed by atoms with Gasteiger partial charge in [-0.3, -0.25) is 14.4 Å². The molecular formula is C16H14O4. The summed E-state index contributed by atoms with van der Waals surface area (Å²) in [6.07, 6.45) is 3.18. The second-order valence-electron chi connectivity index (χ2n) is 4.55. The fraction of sp³-hybridized carbons (Fsp3) is 0.188. The molecule has 20 heavy (non-hydrogen) atoms. The molecule has 0 saturated heterocycles. The van der Waals surface area contributed by atoms with Gasteiger partial charge >= 0.3 is 5.97 Å². The Hall–Kier alpha value is -2.49. The topological polar surface area (TPSA) is 71.4 Å². The third kappa shape index (κ3) is 3.29. The van der Waals surface area contributed by atoms with Crippen molar-refractivity contribution in [2.45, 2.75) is 19.3 Å². The number of hydrogen-bond acceptors (Lipinski definition) is 3. The van der Waals surface area contributed by atoms with Crippen LogP contribution >= 0.6 is 0 Å². The van der Waals surface area contributed by atoms with Gasteiger partial charge in [0.2, 0.25) is 0 Å². The molecule has 1 aromatic rings. The second-order valence-corrected chi connectivity index (χ2v) is 4.55. The molecule has 0 spiro atoms. The van der Waals surface area contributed by atoms with Gasteiger partial charge in [-0.15, -0.1) is 0 Å². The molecule has 4 nitrogen and oxygen atoms in total. The Morgan fingerprint density at radius 1 is 1.10 bits per heavy atom. The normalized spacial score (nSPS) is 15.4. The molecule has 102 valence electrons. The summed E-state index contributed by atoms with van der Waals surface area (Å²) < 4.78 is 0. The lowest BCUT2D eigenvalue weighted by molar-refractivity contribution is -0.137. The number of Topliss-reactive ketones (excluding diaryl/α,β-unsaturated/α-hetero) is 2. The maximum atomic E-state index is 11.8. The zero-order chi connectivity index (χ0) is 14.5. The summed E-state index contributed by atoms with van der Waals surface area (Å²) in [5.74, 6) is -1.47. The predicted octanol–water partition coefficient (Wildman–Crippen LogP) is 2.40. The van der Waals surface area contributed by atoms with Crippen molar-refractivity contribution in [1.29, 1.82) is 0 Å². The van der Waals surface area contributed by atoms with Crippen LogP contribution in [-0.4, -0.2) is 22.6 Å². The van der Waals surface area contributed by atoms with E-state index in [9.17, 15) is 14.4 Å². The van der Waals surface area contributed by atoms with Crippen LogP contribution in [0, 0.1) is 0 Å². The maximum Gasteiger partial charge on any atom is 0.303 e. The number of benzene rings is 1. The van der Waals surface area contributed by atoms with Gasteiger partial charge in [0.05, 0.1) is 6.42 Å². The number of carboxylic acid groups (broad SMARTS) is 1. The second kappa shape index (κ2) is 6.10. The Bertz CT molecular complexity index is 609. The standard InChI is InChI=1S/C16H14O4/c17-14-10-15(18)13(8-9-16(19)20)12(14)7-6-11-4-2-1-3-5-11/h1-7H,8-10H2,(H,19,20). The van der Waals surface area contributed by atoms with Crippen molar-refractivity contribution in [3.8, 4) is 0 Å². The first kappa shape index (κ1) is 13.9. The molecule has 1 aliphatic rings. The molecule has 0 atom stereocenters. The maximum absolute atomic E-state index is 11.8. The predicted molar refractivity (Wildman–Crippen MR) is 74.0 cm³/mol. The van der Waals surface area contributed by atoms with Gasteiger partial charge < -0.3 is 5.11 Å². The van der Waals surface area contributed by atoms with E-state index in [1.165, 1.54) is 0 Å². The summed E-state index contributed by atoms with van der Waals surface area (Å²) in [5, 5.41) is 8.68. The van der Waals surface area contributed by atoms with Gasteiger partial charge in [0.25, 0.3) is 0 Å². The van der Waals surface area contributed by atoms with E-state index in [2.05, 4.69) is 0 Å². The minimum Gasteiger partial charge on any atom is -0.481 e. The van der Waals surface area contributed by atoms with Crippen LogP contribution in [0.1, 0.15) is 24.8 Å². The van der Waals surface area contributed by atoms with Gasteiger partial charge in [-0.05, 0) is 12.0 Å². The van der Waals surface area contributed by atoms with Crippen LogP contribution in [0.4, 0.5) is 0 Å². The monoisotopic (exact) mass is 270 g/mol. The number of carboxylic acids is 1. The number of carbonyl (C=O) groups excluding carboxylic acids is 2. The molecular weight excluding hydrogens is 256 g/mol. The lowest BCUT2D eigenvalue weighted by Crippen LogP contribution is -2.01. The largest absolute Gasteiger partial charge is 0.481 e. The van der Waals surface area contributed by atoms with Crippen LogP contribution in [0.15, 0.2) is 47.6 Å². The van der Waals surface area contributed by atoms with Crippen LogP contribution in [0.2, 0.25) is 0 Å². The van der Waals surface area contributed by atoms with E-state index >= 15 is 0 Å². The molecule has 0 fully saturated rings. The van der Waals surface area contributed by atoms with Gasteiger partial charge in [-0.2, -0.15) is 0 Å². The Kier molecular flexibility index (Phi) is 4.25. The van der Waals surface area contributed by atoms with Crippen molar-refractivity contribution >= 4 is 23.6 Å². The highest BCUT2D eigenvalue weighted by molar-refractivity contribution is 6.23. The van der Waals surface area contributed by atoms with E-state index in [1.54, 1.807) is 12.2 Å². The van der Waals surface area contributed by atoms with Crippen molar-refractivity contribution in [2.75, 3.05) is 0 Å². The summed E-state index contributed by atoms with van der Waals surface area (Å²) >= 11 is 0. The van der Waals surface area contributed by atoms with Gasteiger partial charge in [-0.25, -0.2) is 0 Å². The molecule has 1 aromatic carbocycles. The van der Waals surface area contributed by atoms with E-state index in [4.69, 9.17) is 5.11 Å². The number of rotatable bonds is 5. The van der Waals surface area contributed by atoms with Crippen molar-refractivity contribution in [1.82, 2.24) is 0 Å². The van der Waals surface area contributed by atoms with Crippen LogP contribution in [0.25, 0.3) is 6.08 Å². The SMILES string of the molecule is O=C(O)CCC1=C(C=Cc2ccccc2)C(=O)CC1=O. The zero-order valence-corrected chi connectivity index (χ0v) is 10.8. The Labute approximate surface area is 116 Å². The number of ketones is 2. The summed E-state index contributed by atoms with van der Waals surface area (Å²) in [6, 6.07) is 9.41. The quantitative estimate of drug-likeness (QED) is 0.834. The molecule has 1 aliphatic carbocycles. The lowest BCUT2D eigenvalue weighted by atomic mass is 10.0. The molecule has 0 unspecified atom stereocenters. The number of allylic oxidation sites excluding steroid dienone is 3. The molecule has 0 radical (unpaired) electrons. The van der Waals surface area contributed by atoms with Crippen LogP contribution in [-0.2, 0) is 14.4 Å². The van der Waals surface area contributed by atoms with Crippen LogP contribution < -0.4 is 0 Å². The molecule has 0 aliphatic heterocycles. The Morgan fingerprint density at radius 3 is 2.45 bits per heavy atom. The molecule has 0 aromatic heterocycles. The third-order valence-corrected chi connectivity index (χ3v) is 3.11. The molecule has 4 heteroatoms. The highest BCUT2D eigenvalue weighted by atomic mass is 16.4. The number of carbonyl (C=O) groups is 3. The smallest absolute Gasteiger partial charge is 0.303 e. The molecule has 2 rings (SSSR count). The summed E-state index contributed by atoms with van der Waals surface area (Å²) in [5.41, 5.74) is 1.61. The summed E-state index contributed by atoms with van der Waals surface area (Å²) in [6.45, 7) is 0. The van der Waals surface area contributed by atoms with E-state index in [0.717, 1.165) is 5.56 Å². The van der Waals surface area contributed by atoms with E-state index in [-0.39, 0.29) is 30.8 Å². The van der Waals surface area contributed by atoms with Gasteiger partial charge in [-0.1, -0.05) is 42.5 Å². The van der Waals surface area contributed by atoms with Crippen molar-refractivity contribution < 1.29 is 19.5 Å². The minimum absolute atomic E-state index is 0.106. The van der Waals surface area contributed by atoms with E-state index in [0.29, 0.717) is 11.1 Å². The third-order valence-electron chi connectivity index (χ3n) is 3.11. The number of aliphatic carboxylic acids is 1. The van der Waals surface area contributed by atoms with Crippen LogP contribution in [0.5, 0.6) is 0 Å². The molecule has 0 saturated carbocycles. The zero-order valence-electron chi connectivity index (χ0n) is 10.8. The van der Waals surface area contributed by atoms with Gasteiger partial charge in [0.15, 0.2) is 11.6 Å². The van der Waals surface area contributed by atoms with Crippen molar-refractivity contribution in [3.63, 3.8) is 0 Å². The molecule has 1 N–H and O–H groups in total. The highest BCUT2D eigenvalue weighted by Crippen LogP contribution is 2.25. The summed E-state index contributed by atoms with van der Waals surface area (Å²) in [4.78, 5) is 34.1. The van der Waals surface area contributed by atoms with E-state index < -0.39 is 5.97 Å². The average Bonchev–Trinajstić information content (AvgIpc) is 2.69. The minimum atomic E-state index is -0.976. The lowest BCUT2D eigenvalue weighted by Gasteiger charge is -1.99. The summed E-state index contributed by atoms with van der Waals surface area (Å²) in [7, 11) is 0. The molecule has 0 amide bonds.